The van der Waals surface area contributed by atoms with Crippen molar-refractivity contribution in [1.29, 1.82) is 0 Å². The molecule has 5 aromatic rings. The third kappa shape index (κ3) is 6.36. The second-order valence-corrected chi connectivity index (χ2v) is 11.3. The number of pyridine rings is 1. The van der Waals surface area contributed by atoms with E-state index in [0.717, 1.165) is 45.9 Å². The number of nitrogens with one attached hydrogen (secondary N) is 2. The molecule has 12 nitrogen and oxygen atoms in total. The number of hydrogen-bond donors (Lipinski definition) is 2. The van der Waals surface area contributed by atoms with Gasteiger partial charge in [0.05, 0.1) is 50.6 Å². The Labute approximate surface area is 266 Å². The highest BCUT2D eigenvalue weighted by atomic mass is 16.7. The van der Waals surface area contributed by atoms with Gasteiger partial charge in [0.2, 0.25) is 0 Å². The first-order valence-corrected chi connectivity index (χ1v) is 15.2. The number of fused-ring (bicyclic) bond motifs is 1. The second-order valence-electron chi connectivity index (χ2n) is 11.3. The Bertz CT molecular complexity index is 1810. The van der Waals surface area contributed by atoms with Crippen molar-refractivity contribution in [3.8, 4) is 17.0 Å². The summed E-state index contributed by atoms with van der Waals surface area (Å²) in [5.41, 5.74) is 6.27. The predicted molar refractivity (Wildman–Crippen MR) is 172 cm³/mol. The number of rotatable bonds is 10. The van der Waals surface area contributed by atoms with Gasteiger partial charge in [-0.05, 0) is 42.3 Å². The van der Waals surface area contributed by atoms with Crippen LogP contribution in [0.5, 0.6) is 5.75 Å². The molecule has 0 spiro atoms. The van der Waals surface area contributed by atoms with Gasteiger partial charge in [-0.1, -0.05) is 30.3 Å². The number of aromatic nitrogens is 4. The Hall–Kier alpha value is -5.04. The molecule has 236 valence electrons. The monoisotopic (exact) mass is 621 g/mol. The van der Waals surface area contributed by atoms with Crippen molar-refractivity contribution in [3.05, 3.63) is 95.9 Å². The summed E-state index contributed by atoms with van der Waals surface area (Å²) in [4.78, 5) is 24.7. The molecule has 2 aliphatic rings. The first-order valence-electron chi connectivity index (χ1n) is 15.2. The van der Waals surface area contributed by atoms with Crippen LogP contribution in [0.4, 0.5) is 17.2 Å². The highest BCUT2D eigenvalue weighted by Gasteiger charge is 2.23. The van der Waals surface area contributed by atoms with Crippen LogP contribution in [0.2, 0.25) is 0 Å². The van der Waals surface area contributed by atoms with Crippen LogP contribution in [0, 0.1) is 0 Å². The summed E-state index contributed by atoms with van der Waals surface area (Å²) in [5, 5.41) is 11.3. The van der Waals surface area contributed by atoms with Gasteiger partial charge < -0.3 is 34.5 Å². The highest BCUT2D eigenvalue weighted by Crippen LogP contribution is 2.30. The Kier molecular flexibility index (Phi) is 8.47. The third-order valence-corrected chi connectivity index (χ3v) is 8.05. The lowest BCUT2D eigenvalue weighted by molar-refractivity contribution is -0.0443. The van der Waals surface area contributed by atoms with Gasteiger partial charge in [0.25, 0.3) is 5.91 Å². The van der Waals surface area contributed by atoms with Gasteiger partial charge in [-0.3, -0.25) is 9.78 Å². The number of hydrogen-bond acceptors (Lipinski definition) is 10. The van der Waals surface area contributed by atoms with Gasteiger partial charge in [0.15, 0.2) is 23.4 Å². The van der Waals surface area contributed by atoms with E-state index in [0.29, 0.717) is 50.1 Å². The fraction of sp³-hybridized carbons (Fsp3) is 0.294. The maximum Gasteiger partial charge on any atom is 0.271 e. The Morgan fingerprint density at radius 3 is 2.61 bits per heavy atom. The molecule has 0 radical (unpaired) electrons. The SMILES string of the molecule is COc1ccc(CN(C)c2cc(Nc3cccc(-c4ccc(C5OCCO5)cn4)c3)nn3c(C(=O)NC4CCOC4)cnc23)cc1. The lowest BCUT2D eigenvalue weighted by Gasteiger charge is -2.21. The average molecular weight is 622 g/mol. The molecule has 0 aliphatic carbocycles. The molecule has 5 heterocycles. The van der Waals surface area contributed by atoms with Crippen molar-refractivity contribution in [2.75, 3.05) is 50.8 Å². The number of ether oxygens (including phenoxy) is 4. The lowest BCUT2D eigenvalue weighted by Crippen LogP contribution is -2.35. The van der Waals surface area contributed by atoms with Crippen LogP contribution in [0.3, 0.4) is 0 Å². The normalized spacial score (nSPS) is 16.5. The van der Waals surface area contributed by atoms with E-state index >= 15 is 0 Å². The van der Waals surface area contributed by atoms with Crippen molar-refractivity contribution in [1.82, 2.24) is 24.9 Å². The molecule has 1 atom stereocenters. The zero-order valence-electron chi connectivity index (χ0n) is 25.7. The maximum absolute atomic E-state index is 13.4. The molecule has 7 rings (SSSR count). The van der Waals surface area contributed by atoms with Gasteiger partial charge in [0, 0.05) is 49.3 Å². The van der Waals surface area contributed by atoms with Crippen molar-refractivity contribution >= 4 is 28.7 Å². The van der Waals surface area contributed by atoms with Crippen LogP contribution in [0.25, 0.3) is 16.9 Å². The largest absolute Gasteiger partial charge is 0.497 e. The Morgan fingerprint density at radius 2 is 1.87 bits per heavy atom. The van der Waals surface area contributed by atoms with E-state index < -0.39 is 0 Å². The number of nitrogens with zero attached hydrogens (tertiary/aromatic N) is 5. The quantitative estimate of drug-likeness (QED) is 0.226. The standard InChI is InChI=1S/C34H35N7O5/c1-40(20-22-6-9-27(43-2)10-7-22)29-17-31(39-41-30(19-36-32(29)41)33(42)38-26-12-13-44-21-26)37-25-5-3-4-23(16-25)28-11-8-24(18-35-28)34-45-14-15-46-34/h3-11,16-19,26,34H,12-15,20-21H2,1-2H3,(H,37,39)(H,38,42). The minimum absolute atomic E-state index is 0.0415. The molecule has 2 aliphatic heterocycles. The molecular weight excluding hydrogens is 586 g/mol. The fourth-order valence-electron chi connectivity index (χ4n) is 5.62. The summed E-state index contributed by atoms with van der Waals surface area (Å²) < 4.78 is 23.6. The number of anilines is 3. The first-order chi connectivity index (χ1) is 22.5. The van der Waals surface area contributed by atoms with Gasteiger partial charge in [-0.15, -0.1) is 5.10 Å². The Balaban J connectivity index is 1.19. The summed E-state index contributed by atoms with van der Waals surface area (Å²) >= 11 is 0. The van der Waals surface area contributed by atoms with E-state index in [1.54, 1.807) is 24.0 Å². The van der Waals surface area contributed by atoms with Crippen molar-refractivity contribution in [2.45, 2.75) is 25.3 Å². The molecule has 1 unspecified atom stereocenters. The van der Waals surface area contributed by atoms with Crippen molar-refractivity contribution in [2.24, 2.45) is 0 Å². The average Bonchev–Trinajstić information content (AvgIpc) is 3.88. The smallest absolute Gasteiger partial charge is 0.271 e. The molecule has 0 saturated carbocycles. The minimum Gasteiger partial charge on any atom is -0.497 e. The number of benzene rings is 2. The third-order valence-electron chi connectivity index (χ3n) is 8.05. The maximum atomic E-state index is 13.4. The number of carbonyl (C=O) groups excluding carboxylic acids is 1. The molecule has 46 heavy (non-hydrogen) atoms. The number of methoxy groups -OCH3 is 1. The lowest BCUT2D eigenvalue weighted by atomic mass is 10.1. The fourth-order valence-corrected chi connectivity index (χ4v) is 5.62. The van der Waals surface area contributed by atoms with Crippen LogP contribution in [-0.2, 0) is 20.8 Å². The van der Waals surface area contributed by atoms with Crippen LogP contribution in [-0.4, -0.2) is 72.1 Å². The summed E-state index contributed by atoms with van der Waals surface area (Å²) in [6, 6.07) is 21.7. The van der Waals surface area contributed by atoms with Gasteiger partial charge >= 0.3 is 0 Å². The van der Waals surface area contributed by atoms with E-state index in [2.05, 4.69) is 25.5 Å². The van der Waals surface area contributed by atoms with E-state index in [-0.39, 0.29) is 18.2 Å². The summed E-state index contributed by atoms with van der Waals surface area (Å²) in [7, 11) is 3.64. The first kappa shape index (κ1) is 29.7. The molecule has 2 N–H and O–H groups in total. The van der Waals surface area contributed by atoms with Gasteiger partial charge in [-0.2, -0.15) is 0 Å². The van der Waals surface area contributed by atoms with E-state index in [1.165, 1.54) is 0 Å². The molecule has 3 aromatic heterocycles. The summed E-state index contributed by atoms with van der Waals surface area (Å²) in [6.07, 6.45) is 3.76. The molecule has 2 fully saturated rings. The zero-order chi connectivity index (χ0) is 31.5. The molecule has 2 aromatic carbocycles. The highest BCUT2D eigenvalue weighted by molar-refractivity contribution is 5.94. The molecule has 2 saturated heterocycles. The molecular formula is C34H35N7O5. The van der Waals surface area contributed by atoms with E-state index in [4.69, 9.17) is 24.0 Å². The number of imidazole rings is 1. The minimum atomic E-state index is -0.366. The van der Waals surface area contributed by atoms with Crippen LogP contribution < -0.4 is 20.3 Å². The predicted octanol–water partition coefficient (Wildman–Crippen LogP) is 4.74. The number of amides is 1. The van der Waals surface area contributed by atoms with Crippen molar-refractivity contribution < 1.29 is 23.7 Å². The van der Waals surface area contributed by atoms with Crippen LogP contribution >= 0.6 is 0 Å². The number of carbonyl (C=O) groups is 1. The van der Waals surface area contributed by atoms with Crippen LogP contribution in [0.15, 0.2) is 79.1 Å². The van der Waals surface area contributed by atoms with Gasteiger partial charge in [0.1, 0.15) is 5.75 Å². The summed E-state index contributed by atoms with van der Waals surface area (Å²) in [5.74, 6) is 1.10. The molecule has 1 amide bonds. The van der Waals surface area contributed by atoms with Crippen LogP contribution in [0.1, 0.15) is 34.3 Å². The van der Waals surface area contributed by atoms with Gasteiger partial charge in [-0.25, -0.2) is 9.50 Å². The summed E-state index contributed by atoms with van der Waals surface area (Å²) in [6.45, 7) is 2.89. The zero-order valence-corrected chi connectivity index (χ0v) is 25.7. The molecule has 12 heteroatoms. The van der Waals surface area contributed by atoms with E-state index in [9.17, 15) is 4.79 Å². The Morgan fingerprint density at radius 1 is 1.02 bits per heavy atom. The topological polar surface area (TPSA) is 124 Å². The van der Waals surface area contributed by atoms with Crippen molar-refractivity contribution in [3.63, 3.8) is 0 Å². The van der Waals surface area contributed by atoms with E-state index in [1.807, 2.05) is 73.8 Å². The second kappa shape index (κ2) is 13.1. The molecule has 0 bridgehead atoms.